The molecule has 1 aliphatic carbocycles. The van der Waals surface area contributed by atoms with Crippen LogP contribution < -0.4 is 4.72 Å². The minimum Gasteiger partial charge on any atom is -0.389 e. The van der Waals surface area contributed by atoms with Crippen LogP contribution >= 0.6 is 0 Å². The lowest BCUT2D eigenvalue weighted by atomic mass is 9.76. The van der Waals surface area contributed by atoms with Gasteiger partial charge in [0.2, 0.25) is 15.9 Å². The van der Waals surface area contributed by atoms with Gasteiger partial charge in [0.1, 0.15) is 0 Å². The fourth-order valence-electron chi connectivity index (χ4n) is 5.27. The van der Waals surface area contributed by atoms with E-state index in [9.17, 15) is 18.3 Å². The van der Waals surface area contributed by atoms with Crippen LogP contribution in [0.15, 0.2) is 24.3 Å². The first-order valence-electron chi connectivity index (χ1n) is 11.5. The van der Waals surface area contributed by atoms with Gasteiger partial charge in [-0.15, -0.1) is 0 Å². The molecule has 0 aromatic heterocycles. The number of rotatable bonds is 10. The fourth-order valence-corrected chi connectivity index (χ4v) is 5.79. The SMILES string of the molecule is CS(=O)(=O)NC(=O)CCC/C=C\C[C@H]1[C@H](/C=C/C(O)C2CCCCC2)[C@@H]2CC[C@H]1O2. The number of hydrogen-bond donors (Lipinski definition) is 2. The number of nitrogens with one attached hydrogen (secondary N) is 1. The molecule has 0 spiro atoms. The predicted octanol–water partition coefficient (Wildman–Crippen LogP) is 3.47. The molecule has 2 bridgehead atoms. The van der Waals surface area contributed by atoms with Crippen LogP contribution in [0.5, 0.6) is 0 Å². The lowest BCUT2D eigenvalue weighted by Crippen LogP contribution is -2.28. The molecular weight excluding hydrogens is 402 g/mol. The summed E-state index contributed by atoms with van der Waals surface area (Å²) in [5, 5.41) is 10.6. The summed E-state index contributed by atoms with van der Waals surface area (Å²) in [5.74, 6) is 0.775. The minimum atomic E-state index is -3.47. The molecule has 0 aromatic rings. The van der Waals surface area contributed by atoms with Crippen LogP contribution in [0, 0.1) is 17.8 Å². The molecule has 6 nitrogen and oxygen atoms in total. The van der Waals surface area contributed by atoms with Gasteiger partial charge >= 0.3 is 0 Å². The van der Waals surface area contributed by atoms with Crippen LogP contribution in [0.4, 0.5) is 0 Å². The average molecular weight is 440 g/mol. The van der Waals surface area contributed by atoms with E-state index in [1.54, 1.807) is 0 Å². The Hall–Kier alpha value is -1.18. The lowest BCUT2D eigenvalue weighted by Gasteiger charge is -2.27. The van der Waals surface area contributed by atoms with E-state index in [2.05, 4.69) is 18.2 Å². The standard InChI is InChI=1S/C23H37NO5S/c1-30(27,28)24-23(26)12-8-3-2-7-11-18-19(22-16-15-21(18)29-22)13-14-20(25)17-9-5-4-6-10-17/h2,7,13-14,17-22,25H,3-6,8-12,15-16H2,1H3,(H,24,26)/b7-2-,14-13+/t18-,19-,20?,21+,22-/m0/s1. The van der Waals surface area contributed by atoms with Crippen molar-refractivity contribution in [2.24, 2.45) is 17.8 Å². The summed E-state index contributed by atoms with van der Waals surface area (Å²) in [6.07, 6.45) is 20.5. The highest BCUT2D eigenvalue weighted by Crippen LogP contribution is 2.46. The molecule has 170 valence electrons. The van der Waals surface area contributed by atoms with Gasteiger partial charge in [0, 0.05) is 12.3 Å². The summed E-state index contributed by atoms with van der Waals surface area (Å²) in [6.45, 7) is 0. The minimum absolute atomic E-state index is 0.207. The van der Waals surface area contributed by atoms with Crippen molar-refractivity contribution in [3.63, 3.8) is 0 Å². The summed E-state index contributed by atoms with van der Waals surface area (Å²) in [7, 11) is -3.47. The van der Waals surface area contributed by atoms with E-state index in [4.69, 9.17) is 4.74 Å². The van der Waals surface area contributed by atoms with Gasteiger partial charge in [-0.25, -0.2) is 8.42 Å². The molecule has 1 amide bonds. The van der Waals surface area contributed by atoms with Gasteiger partial charge < -0.3 is 9.84 Å². The third-order valence-electron chi connectivity index (χ3n) is 6.80. The molecule has 2 aliphatic heterocycles. The summed E-state index contributed by atoms with van der Waals surface area (Å²) < 4.78 is 30.2. The summed E-state index contributed by atoms with van der Waals surface area (Å²) in [6, 6.07) is 0. The molecule has 1 saturated carbocycles. The molecule has 30 heavy (non-hydrogen) atoms. The maximum absolute atomic E-state index is 11.5. The number of carbonyl (C=O) groups excluding carboxylic acids is 1. The Morgan fingerprint density at radius 2 is 1.87 bits per heavy atom. The highest BCUT2D eigenvalue weighted by atomic mass is 32.2. The molecule has 3 rings (SSSR count). The van der Waals surface area contributed by atoms with Crippen LogP contribution in [0.2, 0.25) is 0 Å². The van der Waals surface area contributed by atoms with E-state index in [1.165, 1.54) is 19.3 Å². The number of hydrogen-bond acceptors (Lipinski definition) is 5. The van der Waals surface area contributed by atoms with Crippen LogP contribution in [-0.4, -0.2) is 44.0 Å². The zero-order valence-electron chi connectivity index (χ0n) is 18.0. The number of carbonyl (C=O) groups is 1. The highest BCUT2D eigenvalue weighted by molar-refractivity contribution is 7.89. The topological polar surface area (TPSA) is 92.7 Å². The van der Waals surface area contributed by atoms with Crippen LogP contribution in [0.25, 0.3) is 0 Å². The molecule has 7 heteroatoms. The van der Waals surface area contributed by atoms with Crippen LogP contribution in [0.3, 0.4) is 0 Å². The third kappa shape index (κ3) is 6.92. The van der Waals surface area contributed by atoms with Crippen LogP contribution in [-0.2, 0) is 19.6 Å². The Kier molecular flexibility index (Phi) is 8.54. The lowest BCUT2D eigenvalue weighted by molar-refractivity contribution is -0.119. The molecule has 0 radical (unpaired) electrons. The van der Waals surface area contributed by atoms with Gasteiger partial charge in [-0.2, -0.15) is 0 Å². The van der Waals surface area contributed by atoms with E-state index >= 15 is 0 Å². The molecule has 2 heterocycles. The van der Waals surface area contributed by atoms with E-state index < -0.39 is 15.9 Å². The molecule has 3 fully saturated rings. The van der Waals surface area contributed by atoms with Crippen molar-refractivity contribution in [3.05, 3.63) is 24.3 Å². The van der Waals surface area contributed by atoms with Gasteiger partial charge in [-0.1, -0.05) is 43.6 Å². The van der Waals surface area contributed by atoms with Gasteiger partial charge in [0.05, 0.1) is 24.6 Å². The Morgan fingerprint density at radius 1 is 1.13 bits per heavy atom. The normalized spacial score (nSPS) is 31.0. The van der Waals surface area contributed by atoms with E-state index in [1.807, 2.05) is 10.8 Å². The number of ether oxygens (including phenoxy) is 1. The zero-order chi connectivity index (χ0) is 21.6. The Balaban J connectivity index is 1.43. The van der Waals surface area contributed by atoms with Crippen molar-refractivity contribution in [1.82, 2.24) is 4.72 Å². The van der Waals surface area contributed by atoms with Crippen molar-refractivity contribution in [2.45, 2.75) is 88.9 Å². The number of amides is 1. The fraction of sp³-hybridized carbons (Fsp3) is 0.783. The van der Waals surface area contributed by atoms with Crippen molar-refractivity contribution in [3.8, 4) is 0 Å². The molecule has 0 aromatic carbocycles. The second-order valence-electron chi connectivity index (χ2n) is 9.20. The summed E-state index contributed by atoms with van der Waals surface area (Å²) in [4.78, 5) is 11.5. The first-order chi connectivity index (χ1) is 14.3. The number of unbranched alkanes of at least 4 members (excludes halogenated alkanes) is 1. The van der Waals surface area contributed by atoms with Crippen molar-refractivity contribution in [2.75, 3.05) is 6.26 Å². The highest BCUT2D eigenvalue weighted by Gasteiger charge is 2.46. The maximum Gasteiger partial charge on any atom is 0.233 e. The van der Waals surface area contributed by atoms with Gasteiger partial charge in [0.15, 0.2) is 0 Å². The quantitative estimate of drug-likeness (QED) is 0.402. The molecule has 5 atom stereocenters. The van der Waals surface area contributed by atoms with E-state index in [0.29, 0.717) is 30.3 Å². The molecule has 1 unspecified atom stereocenters. The van der Waals surface area contributed by atoms with Gasteiger partial charge in [-0.05, 0) is 56.8 Å². The number of aliphatic hydroxyl groups excluding tert-OH is 1. The monoisotopic (exact) mass is 439 g/mol. The van der Waals surface area contributed by atoms with Crippen LogP contribution in [0.1, 0.15) is 70.6 Å². The van der Waals surface area contributed by atoms with Gasteiger partial charge in [0.25, 0.3) is 0 Å². The van der Waals surface area contributed by atoms with E-state index in [-0.39, 0.29) is 18.6 Å². The number of aliphatic hydroxyl groups is 1. The number of fused-ring (bicyclic) bond motifs is 2. The largest absolute Gasteiger partial charge is 0.389 e. The maximum atomic E-state index is 11.5. The summed E-state index contributed by atoms with van der Waals surface area (Å²) in [5.41, 5.74) is 0. The average Bonchev–Trinajstić information content (AvgIpc) is 3.30. The number of sulfonamides is 1. The van der Waals surface area contributed by atoms with Crippen molar-refractivity contribution < 1.29 is 23.1 Å². The molecule has 3 aliphatic rings. The summed E-state index contributed by atoms with van der Waals surface area (Å²) >= 11 is 0. The second kappa shape index (κ2) is 10.9. The van der Waals surface area contributed by atoms with Crippen molar-refractivity contribution >= 4 is 15.9 Å². The number of allylic oxidation sites excluding steroid dienone is 2. The Labute approximate surface area is 181 Å². The first-order valence-corrected chi connectivity index (χ1v) is 13.4. The molecular formula is C23H37NO5S. The predicted molar refractivity (Wildman–Crippen MR) is 117 cm³/mol. The smallest absolute Gasteiger partial charge is 0.233 e. The molecule has 2 saturated heterocycles. The Morgan fingerprint density at radius 3 is 2.60 bits per heavy atom. The van der Waals surface area contributed by atoms with E-state index in [0.717, 1.165) is 44.8 Å². The molecule has 2 N–H and O–H groups in total. The third-order valence-corrected chi connectivity index (χ3v) is 7.40. The van der Waals surface area contributed by atoms with Gasteiger partial charge in [-0.3, -0.25) is 9.52 Å². The van der Waals surface area contributed by atoms with Crippen molar-refractivity contribution in [1.29, 1.82) is 0 Å². The zero-order valence-corrected chi connectivity index (χ0v) is 18.9. The second-order valence-corrected chi connectivity index (χ2v) is 11.0. The Bertz CT molecular complexity index is 726. The first kappa shape index (κ1) is 23.5.